The number of terminal acetylenes is 1. The lowest BCUT2D eigenvalue weighted by atomic mass is 10.2. The molecular weight excluding hydrogens is 336 g/mol. The van der Waals surface area contributed by atoms with Crippen molar-refractivity contribution >= 4 is 11.9 Å². The van der Waals surface area contributed by atoms with Crippen molar-refractivity contribution in [2.45, 2.75) is 26.2 Å². The van der Waals surface area contributed by atoms with E-state index >= 15 is 0 Å². The molecule has 6 nitrogen and oxygen atoms in total. The zero-order valence-corrected chi connectivity index (χ0v) is 14.5. The van der Waals surface area contributed by atoms with Gasteiger partial charge in [-0.3, -0.25) is 9.78 Å². The summed E-state index contributed by atoms with van der Waals surface area (Å²) in [6.45, 7) is 2.14. The molecule has 0 bridgehead atoms. The number of rotatable bonds is 4. The molecule has 0 amide bonds. The highest BCUT2D eigenvalue weighted by atomic mass is 17.1. The van der Waals surface area contributed by atoms with E-state index in [1.165, 1.54) is 12.8 Å². The molecule has 0 fully saturated rings. The van der Waals surface area contributed by atoms with E-state index in [4.69, 9.17) is 16.9 Å². The highest BCUT2D eigenvalue weighted by Gasteiger charge is 2.03. The van der Waals surface area contributed by atoms with E-state index in [1.807, 2.05) is 0 Å². The summed E-state index contributed by atoms with van der Waals surface area (Å²) in [5.74, 6) is 1.10. The van der Waals surface area contributed by atoms with Crippen molar-refractivity contribution in [3.63, 3.8) is 0 Å². The number of carbonyl (C=O) groups is 2. The van der Waals surface area contributed by atoms with E-state index in [0.717, 1.165) is 6.42 Å². The van der Waals surface area contributed by atoms with Crippen molar-refractivity contribution in [2.24, 2.45) is 0 Å². The molecule has 0 unspecified atom stereocenters. The summed E-state index contributed by atoms with van der Waals surface area (Å²) in [7, 11) is 0. The van der Waals surface area contributed by atoms with Crippen molar-refractivity contribution in [2.75, 3.05) is 0 Å². The summed E-state index contributed by atoms with van der Waals surface area (Å²) in [5.41, 5.74) is 0.676. The molecule has 0 aliphatic rings. The summed E-state index contributed by atoms with van der Waals surface area (Å²) in [6, 6.07) is 16.5. The third-order valence-electron chi connectivity index (χ3n) is 2.86. The number of hydrogen-bond donors (Lipinski definition) is 2. The zero-order valence-electron chi connectivity index (χ0n) is 14.5. The summed E-state index contributed by atoms with van der Waals surface area (Å²) in [5, 5.41) is 15.9. The Bertz CT molecular complexity index is 610. The molecule has 0 saturated heterocycles. The van der Waals surface area contributed by atoms with Crippen LogP contribution in [-0.4, -0.2) is 22.5 Å². The van der Waals surface area contributed by atoms with Crippen molar-refractivity contribution in [3.05, 3.63) is 71.8 Å². The first-order valence-electron chi connectivity index (χ1n) is 7.85. The third-order valence-corrected chi connectivity index (χ3v) is 2.86. The lowest BCUT2D eigenvalue weighted by Gasteiger charge is -1.92. The molecule has 0 aliphatic carbocycles. The summed E-state index contributed by atoms with van der Waals surface area (Å²) in [6.07, 6.45) is 8.30. The highest BCUT2D eigenvalue weighted by Crippen LogP contribution is 1.99. The topological polar surface area (TPSA) is 93.1 Å². The number of benzene rings is 2. The molecule has 138 valence electrons. The maximum absolute atomic E-state index is 10.5. The Morgan fingerprint density at radius 3 is 1.50 bits per heavy atom. The van der Waals surface area contributed by atoms with E-state index in [0.29, 0.717) is 11.1 Å². The minimum absolute atomic E-state index is 0.338. The molecule has 0 aliphatic heterocycles. The van der Waals surface area contributed by atoms with Gasteiger partial charge < -0.3 is 0 Å². The van der Waals surface area contributed by atoms with Gasteiger partial charge >= 0.3 is 11.9 Å². The molecule has 2 aromatic rings. The largest absolute Gasteiger partial charge is 0.372 e. The monoisotopic (exact) mass is 358 g/mol. The van der Waals surface area contributed by atoms with Gasteiger partial charge in [-0.05, 0) is 30.7 Å². The minimum atomic E-state index is -0.736. The van der Waals surface area contributed by atoms with Crippen LogP contribution in [0, 0.1) is 12.3 Å². The first-order chi connectivity index (χ1) is 12.6. The Labute approximate surface area is 152 Å². The van der Waals surface area contributed by atoms with Gasteiger partial charge in [-0.15, -0.1) is 12.3 Å². The van der Waals surface area contributed by atoms with Crippen LogP contribution < -0.4 is 0 Å². The van der Waals surface area contributed by atoms with Crippen molar-refractivity contribution in [3.8, 4) is 12.3 Å². The van der Waals surface area contributed by atoms with Crippen LogP contribution in [-0.2, 0) is 9.78 Å². The fourth-order valence-electron chi connectivity index (χ4n) is 1.53. The number of unbranched alkanes of at least 4 members (excludes halogenated alkanes) is 2. The second-order valence-electron chi connectivity index (χ2n) is 4.80. The lowest BCUT2D eigenvalue weighted by Crippen LogP contribution is -2.00. The van der Waals surface area contributed by atoms with Crippen LogP contribution in [0.4, 0.5) is 0 Å². The first kappa shape index (κ1) is 22.9. The van der Waals surface area contributed by atoms with E-state index < -0.39 is 11.9 Å². The van der Waals surface area contributed by atoms with Gasteiger partial charge in [0.25, 0.3) is 0 Å². The first-order valence-corrected chi connectivity index (χ1v) is 7.85. The van der Waals surface area contributed by atoms with Gasteiger partial charge in [-0.1, -0.05) is 49.7 Å². The Hall–Kier alpha value is -3.14. The maximum atomic E-state index is 10.5. The van der Waals surface area contributed by atoms with Crippen molar-refractivity contribution < 1.29 is 29.9 Å². The molecule has 0 radical (unpaired) electrons. The Kier molecular flexibility index (Phi) is 13.5. The van der Waals surface area contributed by atoms with Crippen LogP contribution >= 0.6 is 0 Å². The molecule has 0 heterocycles. The Balaban J connectivity index is 0.000000375. The van der Waals surface area contributed by atoms with Gasteiger partial charge in [-0.2, -0.15) is 10.5 Å². The zero-order chi connectivity index (χ0) is 19.6. The Morgan fingerprint density at radius 1 is 0.885 bits per heavy atom. The molecule has 26 heavy (non-hydrogen) atoms. The summed E-state index contributed by atoms with van der Waals surface area (Å²) in [4.78, 5) is 28.1. The molecule has 2 N–H and O–H groups in total. The van der Waals surface area contributed by atoms with Gasteiger partial charge in [0.2, 0.25) is 0 Å². The van der Waals surface area contributed by atoms with E-state index in [2.05, 4.69) is 22.6 Å². The highest BCUT2D eigenvalue weighted by molar-refractivity contribution is 5.89. The number of hydrogen-bond acceptors (Lipinski definition) is 6. The van der Waals surface area contributed by atoms with Gasteiger partial charge in [0.1, 0.15) is 0 Å². The molecule has 2 rings (SSSR count). The molecule has 2 aromatic carbocycles. The van der Waals surface area contributed by atoms with Crippen molar-refractivity contribution in [1.29, 1.82) is 0 Å². The molecule has 6 heteroatoms. The second-order valence-corrected chi connectivity index (χ2v) is 4.80. The molecule has 0 aromatic heterocycles. The van der Waals surface area contributed by atoms with Crippen LogP contribution in [0.25, 0.3) is 0 Å². The van der Waals surface area contributed by atoms with Gasteiger partial charge in [0, 0.05) is 6.42 Å². The van der Waals surface area contributed by atoms with Crippen LogP contribution in [0.1, 0.15) is 46.9 Å². The summed E-state index contributed by atoms with van der Waals surface area (Å²) < 4.78 is 0. The van der Waals surface area contributed by atoms with Crippen LogP contribution in [0.3, 0.4) is 0 Å². The average molecular weight is 358 g/mol. The fraction of sp³-hybridized carbons (Fsp3) is 0.200. The molecule has 0 spiro atoms. The van der Waals surface area contributed by atoms with Crippen LogP contribution in [0.15, 0.2) is 60.7 Å². The smallest absolute Gasteiger partial charge is 0.296 e. The molecular formula is C20H22O6. The fourth-order valence-corrected chi connectivity index (χ4v) is 1.53. The normalized spacial score (nSPS) is 8.54. The average Bonchev–Trinajstić information content (AvgIpc) is 2.73. The Morgan fingerprint density at radius 2 is 1.27 bits per heavy atom. The van der Waals surface area contributed by atoms with E-state index in [-0.39, 0.29) is 0 Å². The SMILES string of the molecule is C#CCCCC.O=C(OO)c1ccccc1.O=C(OO)c1ccccc1. The van der Waals surface area contributed by atoms with Crippen LogP contribution in [0.5, 0.6) is 0 Å². The van der Waals surface area contributed by atoms with Gasteiger partial charge in [-0.25, -0.2) is 9.59 Å². The van der Waals surface area contributed by atoms with E-state index in [1.54, 1.807) is 60.7 Å². The lowest BCUT2D eigenvalue weighted by molar-refractivity contribution is -0.182. The van der Waals surface area contributed by atoms with Gasteiger partial charge in [0.05, 0.1) is 11.1 Å². The van der Waals surface area contributed by atoms with E-state index in [9.17, 15) is 9.59 Å². The van der Waals surface area contributed by atoms with Crippen molar-refractivity contribution in [1.82, 2.24) is 0 Å². The second kappa shape index (κ2) is 15.4. The predicted molar refractivity (Wildman–Crippen MR) is 97.3 cm³/mol. The minimum Gasteiger partial charge on any atom is -0.296 e. The summed E-state index contributed by atoms with van der Waals surface area (Å²) >= 11 is 0. The quantitative estimate of drug-likeness (QED) is 0.363. The third kappa shape index (κ3) is 10.6. The predicted octanol–water partition coefficient (Wildman–Crippen LogP) is 4.44. The number of carbonyl (C=O) groups excluding carboxylic acids is 2. The standard InChI is InChI=1S/2C7H6O3.C6H10/c2*8-7(10-9)6-4-2-1-3-5-6;1-3-5-6-4-2/h2*1-5,9H;1H,4-6H2,2H3. The van der Waals surface area contributed by atoms with Crippen LogP contribution in [0.2, 0.25) is 0 Å². The molecule has 0 saturated carbocycles. The van der Waals surface area contributed by atoms with Gasteiger partial charge in [0.15, 0.2) is 0 Å². The molecule has 0 atom stereocenters. The maximum Gasteiger partial charge on any atom is 0.372 e.